The minimum Gasteiger partial charge on any atom is -0.490 e. The average molecular weight is 504 g/mol. The number of carbonyl (C=O) groups excluding carboxylic acids is 2. The molecular formula is C23H22ClN3O6S. The zero-order chi connectivity index (χ0) is 24.6. The lowest BCUT2D eigenvalue weighted by molar-refractivity contribution is -0.118. The Bertz CT molecular complexity index is 1240. The number of amides is 1. The SMILES string of the molecule is CCOC(=O)c1cccc(NC(=O)C(COc2cccnc2)NS(=O)(=O)c2ccc(Cl)cc2)c1. The van der Waals surface area contributed by atoms with Gasteiger partial charge in [0.1, 0.15) is 18.4 Å². The quantitative estimate of drug-likeness (QED) is 0.407. The molecule has 0 spiro atoms. The van der Waals surface area contributed by atoms with Crippen molar-refractivity contribution in [2.24, 2.45) is 0 Å². The van der Waals surface area contributed by atoms with Gasteiger partial charge in [0, 0.05) is 16.9 Å². The van der Waals surface area contributed by atoms with Crippen molar-refractivity contribution in [2.75, 3.05) is 18.5 Å². The molecule has 1 amide bonds. The molecule has 2 aromatic carbocycles. The summed E-state index contributed by atoms with van der Waals surface area (Å²) in [5.74, 6) is -0.878. The number of benzene rings is 2. The molecule has 1 aromatic heterocycles. The number of nitrogens with one attached hydrogen (secondary N) is 2. The molecule has 3 aromatic rings. The predicted octanol–water partition coefficient (Wildman–Crippen LogP) is 3.28. The molecule has 34 heavy (non-hydrogen) atoms. The molecule has 0 saturated carbocycles. The molecule has 0 aliphatic heterocycles. The summed E-state index contributed by atoms with van der Waals surface area (Å²) in [5.41, 5.74) is 0.525. The lowest BCUT2D eigenvalue weighted by Crippen LogP contribution is -2.47. The molecule has 0 fully saturated rings. The van der Waals surface area contributed by atoms with Gasteiger partial charge < -0.3 is 14.8 Å². The minimum atomic E-state index is -4.09. The third-order valence-corrected chi connectivity index (χ3v) is 6.17. The van der Waals surface area contributed by atoms with Crippen LogP contribution in [0.15, 0.2) is 78.0 Å². The molecule has 0 bridgehead atoms. The lowest BCUT2D eigenvalue weighted by Gasteiger charge is -2.19. The van der Waals surface area contributed by atoms with E-state index in [0.29, 0.717) is 10.8 Å². The van der Waals surface area contributed by atoms with Crippen LogP contribution < -0.4 is 14.8 Å². The van der Waals surface area contributed by atoms with Crippen LogP contribution in [0.1, 0.15) is 17.3 Å². The molecule has 1 atom stereocenters. The van der Waals surface area contributed by atoms with E-state index in [1.807, 2.05) is 0 Å². The third kappa shape index (κ3) is 7.01. The van der Waals surface area contributed by atoms with Gasteiger partial charge in [0.2, 0.25) is 15.9 Å². The largest absolute Gasteiger partial charge is 0.490 e. The first-order valence-corrected chi connectivity index (χ1v) is 12.0. The molecule has 0 aliphatic carbocycles. The van der Waals surface area contributed by atoms with Gasteiger partial charge in [-0.3, -0.25) is 9.78 Å². The zero-order valence-corrected chi connectivity index (χ0v) is 19.7. The Balaban J connectivity index is 1.81. The van der Waals surface area contributed by atoms with E-state index in [9.17, 15) is 18.0 Å². The summed E-state index contributed by atoms with van der Waals surface area (Å²) in [7, 11) is -4.09. The highest BCUT2D eigenvalue weighted by molar-refractivity contribution is 7.89. The average Bonchev–Trinajstić information content (AvgIpc) is 2.83. The number of anilines is 1. The molecule has 0 radical (unpaired) electrons. The highest BCUT2D eigenvalue weighted by Gasteiger charge is 2.27. The van der Waals surface area contributed by atoms with Crippen LogP contribution in [0.2, 0.25) is 5.02 Å². The van der Waals surface area contributed by atoms with Gasteiger partial charge in [-0.15, -0.1) is 0 Å². The Labute approximate surface area is 202 Å². The van der Waals surface area contributed by atoms with Crippen molar-refractivity contribution in [1.82, 2.24) is 9.71 Å². The van der Waals surface area contributed by atoms with E-state index < -0.39 is 27.9 Å². The van der Waals surface area contributed by atoms with Gasteiger partial charge in [-0.1, -0.05) is 17.7 Å². The Morgan fingerprint density at radius 3 is 2.53 bits per heavy atom. The van der Waals surface area contributed by atoms with Gasteiger partial charge in [0.15, 0.2) is 0 Å². The number of nitrogens with zero attached hydrogens (tertiary/aromatic N) is 1. The van der Waals surface area contributed by atoms with Crippen molar-refractivity contribution in [2.45, 2.75) is 17.9 Å². The summed E-state index contributed by atoms with van der Waals surface area (Å²) in [6, 6.07) is 13.6. The molecule has 3 rings (SSSR count). The molecule has 0 saturated heterocycles. The summed E-state index contributed by atoms with van der Waals surface area (Å²) in [6.07, 6.45) is 2.99. The van der Waals surface area contributed by atoms with E-state index in [1.165, 1.54) is 36.5 Å². The van der Waals surface area contributed by atoms with Crippen LogP contribution in [0.25, 0.3) is 0 Å². The van der Waals surface area contributed by atoms with Crippen LogP contribution in [0.4, 0.5) is 5.69 Å². The lowest BCUT2D eigenvalue weighted by atomic mass is 10.2. The maximum atomic E-state index is 13.0. The Kier molecular flexibility index (Phi) is 8.58. The summed E-state index contributed by atoms with van der Waals surface area (Å²) in [5, 5.41) is 2.98. The van der Waals surface area contributed by atoms with E-state index in [1.54, 1.807) is 43.5 Å². The number of sulfonamides is 1. The first-order chi connectivity index (χ1) is 16.3. The summed E-state index contributed by atoms with van der Waals surface area (Å²) in [6.45, 7) is 1.57. The number of hydrogen-bond acceptors (Lipinski definition) is 7. The van der Waals surface area contributed by atoms with Crippen LogP contribution in [-0.4, -0.2) is 44.5 Å². The second-order valence-electron chi connectivity index (χ2n) is 6.92. The molecule has 1 unspecified atom stereocenters. The Morgan fingerprint density at radius 2 is 1.85 bits per heavy atom. The van der Waals surface area contributed by atoms with Crippen molar-refractivity contribution in [3.63, 3.8) is 0 Å². The monoisotopic (exact) mass is 503 g/mol. The smallest absolute Gasteiger partial charge is 0.338 e. The number of esters is 1. The predicted molar refractivity (Wildman–Crippen MR) is 126 cm³/mol. The van der Waals surface area contributed by atoms with Gasteiger partial charge in [-0.05, 0) is 61.5 Å². The first-order valence-electron chi connectivity index (χ1n) is 10.2. The molecule has 178 valence electrons. The number of aromatic nitrogens is 1. The van der Waals surface area contributed by atoms with Crippen molar-refractivity contribution in [1.29, 1.82) is 0 Å². The fourth-order valence-electron chi connectivity index (χ4n) is 2.81. The Morgan fingerprint density at radius 1 is 1.09 bits per heavy atom. The van der Waals surface area contributed by atoms with Crippen LogP contribution in [-0.2, 0) is 19.6 Å². The van der Waals surface area contributed by atoms with Crippen molar-refractivity contribution >= 4 is 39.2 Å². The van der Waals surface area contributed by atoms with Crippen molar-refractivity contribution in [3.05, 3.63) is 83.6 Å². The zero-order valence-electron chi connectivity index (χ0n) is 18.1. The molecule has 9 nitrogen and oxygen atoms in total. The van der Waals surface area contributed by atoms with E-state index in [4.69, 9.17) is 21.1 Å². The molecule has 0 aliphatic rings. The molecular weight excluding hydrogens is 482 g/mol. The highest BCUT2D eigenvalue weighted by Crippen LogP contribution is 2.16. The molecule has 1 heterocycles. The normalized spacial score (nSPS) is 11.9. The molecule has 11 heteroatoms. The van der Waals surface area contributed by atoms with Gasteiger partial charge in [-0.25, -0.2) is 13.2 Å². The second-order valence-corrected chi connectivity index (χ2v) is 9.07. The summed E-state index contributed by atoms with van der Waals surface area (Å²) < 4.78 is 38.6. The minimum absolute atomic E-state index is 0.0691. The fourth-order valence-corrected chi connectivity index (χ4v) is 4.12. The van der Waals surface area contributed by atoms with E-state index >= 15 is 0 Å². The van der Waals surface area contributed by atoms with Crippen LogP contribution in [0.3, 0.4) is 0 Å². The van der Waals surface area contributed by atoms with E-state index in [2.05, 4.69) is 15.0 Å². The van der Waals surface area contributed by atoms with E-state index in [-0.39, 0.29) is 29.4 Å². The second kappa shape index (κ2) is 11.6. The number of ether oxygens (including phenoxy) is 2. The number of rotatable bonds is 10. The van der Waals surface area contributed by atoms with Crippen molar-refractivity contribution < 1.29 is 27.5 Å². The van der Waals surface area contributed by atoms with Crippen LogP contribution in [0.5, 0.6) is 5.75 Å². The van der Waals surface area contributed by atoms with Gasteiger partial charge in [0.25, 0.3) is 0 Å². The van der Waals surface area contributed by atoms with E-state index in [0.717, 1.165) is 0 Å². The summed E-state index contributed by atoms with van der Waals surface area (Å²) >= 11 is 5.84. The Hall–Kier alpha value is -3.47. The van der Waals surface area contributed by atoms with Gasteiger partial charge >= 0.3 is 5.97 Å². The maximum Gasteiger partial charge on any atom is 0.338 e. The topological polar surface area (TPSA) is 124 Å². The van der Waals surface area contributed by atoms with Crippen LogP contribution in [0, 0.1) is 0 Å². The number of pyridine rings is 1. The summed E-state index contributed by atoms with van der Waals surface area (Å²) in [4.78, 5) is 28.9. The van der Waals surface area contributed by atoms with Crippen LogP contribution >= 0.6 is 11.6 Å². The standard InChI is InChI=1S/C23H22ClN3O6S/c1-2-32-23(29)16-5-3-6-18(13-16)26-22(28)21(15-33-19-7-4-12-25-14-19)27-34(30,31)20-10-8-17(24)9-11-20/h3-14,21,27H,2,15H2,1H3,(H,26,28). The maximum absolute atomic E-state index is 13.0. The highest BCUT2D eigenvalue weighted by atomic mass is 35.5. The van der Waals surface area contributed by atoms with Crippen molar-refractivity contribution in [3.8, 4) is 5.75 Å². The fraction of sp³-hybridized carbons (Fsp3) is 0.174. The van der Waals surface area contributed by atoms with Gasteiger partial charge in [0.05, 0.1) is 23.3 Å². The number of halogens is 1. The van der Waals surface area contributed by atoms with Gasteiger partial charge in [-0.2, -0.15) is 4.72 Å². The third-order valence-electron chi connectivity index (χ3n) is 4.43. The number of carbonyl (C=O) groups is 2. The molecule has 2 N–H and O–H groups in total. The number of hydrogen-bond donors (Lipinski definition) is 2. The first kappa shape index (κ1) is 25.2.